The van der Waals surface area contributed by atoms with Crippen LogP contribution in [0.2, 0.25) is 10.0 Å². The first-order valence-corrected chi connectivity index (χ1v) is 8.24. The van der Waals surface area contributed by atoms with Crippen molar-refractivity contribution in [3.63, 3.8) is 0 Å². The van der Waals surface area contributed by atoms with Gasteiger partial charge in [-0.25, -0.2) is 5.43 Å². The van der Waals surface area contributed by atoms with Gasteiger partial charge in [-0.3, -0.25) is 9.59 Å². The Balaban J connectivity index is 1.96. The van der Waals surface area contributed by atoms with E-state index < -0.39 is 5.91 Å². The fourth-order valence-corrected chi connectivity index (χ4v) is 2.53. The number of nitrogens with one attached hydrogen (secondary N) is 2. The normalized spacial score (nSPS) is 10.8. The maximum absolute atomic E-state index is 12.1. The van der Waals surface area contributed by atoms with Gasteiger partial charge in [0, 0.05) is 10.7 Å². The molecule has 0 spiro atoms. The lowest BCUT2D eigenvalue weighted by atomic mass is 10.2. The molecule has 2 amide bonds. The van der Waals surface area contributed by atoms with Crippen LogP contribution in [0.1, 0.15) is 29.3 Å². The van der Waals surface area contributed by atoms with E-state index in [1.165, 1.54) is 12.1 Å². The SMILES string of the molecule is C/C(CC(=O)Nc1ccccc1C#N)=N\NC(=O)c1ccc(Cl)cc1Cl. The fraction of sp³-hybridized carbons (Fsp3) is 0.111. The summed E-state index contributed by atoms with van der Waals surface area (Å²) < 4.78 is 0. The molecule has 2 rings (SSSR count). The molecule has 0 atom stereocenters. The summed E-state index contributed by atoms with van der Waals surface area (Å²) in [6.07, 6.45) is -0.0472. The van der Waals surface area contributed by atoms with Gasteiger partial charge in [-0.15, -0.1) is 0 Å². The number of hydrogen-bond acceptors (Lipinski definition) is 4. The molecule has 0 radical (unpaired) electrons. The summed E-state index contributed by atoms with van der Waals surface area (Å²) in [5, 5.41) is 16.2. The van der Waals surface area contributed by atoms with Gasteiger partial charge in [0.15, 0.2) is 0 Å². The molecular weight excluding hydrogens is 375 g/mol. The maximum Gasteiger partial charge on any atom is 0.272 e. The van der Waals surface area contributed by atoms with Gasteiger partial charge in [-0.2, -0.15) is 10.4 Å². The molecule has 2 N–H and O–H groups in total. The molecule has 0 aliphatic carbocycles. The quantitative estimate of drug-likeness (QED) is 0.598. The molecule has 6 nitrogen and oxygen atoms in total. The summed E-state index contributed by atoms with van der Waals surface area (Å²) in [7, 11) is 0. The van der Waals surface area contributed by atoms with E-state index in [-0.39, 0.29) is 22.9 Å². The Morgan fingerprint density at radius 2 is 1.92 bits per heavy atom. The monoisotopic (exact) mass is 388 g/mol. The zero-order valence-corrected chi connectivity index (χ0v) is 15.2. The first-order valence-electron chi connectivity index (χ1n) is 7.48. The van der Waals surface area contributed by atoms with E-state index in [1.54, 1.807) is 37.3 Å². The van der Waals surface area contributed by atoms with Crippen LogP contribution in [-0.4, -0.2) is 17.5 Å². The Hall–Kier alpha value is -2.88. The fourth-order valence-electron chi connectivity index (χ4n) is 2.04. The minimum Gasteiger partial charge on any atom is -0.325 e. The van der Waals surface area contributed by atoms with Crippen molar-refractivity contribution in [2.45, 2.75) is 13.3 Å². The minimum absolute atomic E-state index is 0.0472. The van der Waals surface area contributed by atoms with E-state index in [1.807, 2.05) is 6.07 Å². The van der Waals surface area contributed by atoms with Gasteiger partial charge in [0.25, 0.3) is 5.91 Å². The van der Waals surface area contributed by atoms with Crippen LogP contribution in [-0.2, 0) is 4.79 Å². The van der Waals surface area contributed by atoms with E-state index in [4.69, 9.17) is 28.5 Å². The number of rotatable bonds is 5. The van der Waals surface area contributed by atoms with Crippen molar-refractivity contribution in [1.29, 1.82) is 5.26 Å². The molecule has 0 fully saturated rings. The highest BCUT2D eigenvalue weighted by atomic mass is 35.5. The van der Waals surface area contributed by atoms with Crippen molar-refractivity contribution in [1.82, 2.24) is 5.43 Å². The second-order valence-electron chi connectivity index (χ2n) is 5.29. The predicted octanol–water partition coefficient (Wildman–Crippen LogP) is 4.00. The van der Waals surface area contributed by atoms with Crippen molar-refractivity contribution in [3.05, 3.63) is 63.6 Å². The zero-order valence-electron chi connectivity index (χ0n) is 13.7. The van der Waals surface area contributed by atoms with E-state index >= 15 is 0 Å². The third-order valence-corrected chi connectivity index (χ3v) is 3.81. The Morgan fingerprint density at radius 1 is 1.19 bits per heavy atom. The highest BCUT2D eigenvalue weighted by Crippen LogP contribution is 2.20. The summed E-state index contributed by atoms with van der Waals surface area (Å²) in [5.41, 5.74) is 3.73. The second kappa shape index (κ2) is 8.99. The predicted molar refractivity (Wildman–Crippen MR) is 101 cm³/mol. The van der Waals surface area contributed by atoms with Crippen LogP contribution < -0.4 is 10.7 Å². The van der Waals surface area contributed by atoms with Crippen LogP contribution in [0.5, 0.6) is 0 Å². The summed E-state index contributed by atoms with van der Waals surface area (Å²) in [6.45, 7) is 1.60. The molecule has 26 heavy (non-hydrogen) atoms. The van der Waals surface area contributed by atoms with E-state index in [2.05, 4.69) is 15.8 Å². The molecule has 2 aromatic rings. The number of halogens is 2. The number of nitriles is 1. The number of nitrogens with zero attached hydrogens (tertiary/aromatic N) is 2. The number of hydrogen-bond donors (Lipinski definition) is 2. The smallest absolute Gasteiger partial charge is 0.272 e. The number of carbonyl (C=O) groups excluding carboxylic acids is 2. The molecule has 0 aromatic heterocycles. The zero-order chi connectivity index (χ0) is 19.1. The Bertz CT molecular complexity index is 920. The average molecular weight is 389 g/mol. The standard InChI is InChI=1S/C18H14Cl2N4O2/c1-11(8-17(25)22-16-5-3-2-4-12(16)10-21)23-24-18(26)14-7-6-13(19)9-15(14)20/h2-7,9H,8H2,1H3,(H,22,25)(H,24,26)/b23-11+. The van der Waals surface area contributed by atoms with Crippen LogP contribution in [0.4, 0.5) is 5.69 Å². The first-order chi connectivity index (χ1) is 12.4. The Morgan fingerprint density at radius 3 is 2.62 bits per heavy atom. The van der Waals surface area contributed by atoms with Crippen molar-refractivity contribution < 1.29 is 9.59 Å². The molecule has 0 saturated carbocycles. The molecule has 0 bridgehead atoms. The number of amides is 2. The van der Waals surface area contributed by atoms with Crippen LogP contribution in [0.25, 0.3) is 0 Å². The van der Waals surface area contributed by atoms with Gasteiger partial charge in [0.05, 0.1) is 28.3 Å². The molecule has 8 heteroatoms. The highest BCUT2D eigenvalue weighted by Gasteiger charge is 2.11. The average Bonchev–Trinajstić information content (AvgIpc) is 2.60. The molecule has 0 aliphatic heterocycles. The number of hydrazone groups is 1. The van der Waals surface area contributed by atoms with Gasteiger partial charge in [-0.05, 0) is 37.3 Å². The summed E-state index contributed by atoms with van der Waals surface area (Å²) in [6, 6.07) is 13.1. The molecule has 0 unspecified atom stereocenters. The Kier molecular flexibility index (Phi) is 6.73. The summed E-state index contributed by atoms with van der Waals surface area (Å²) >= 11 is 11.7. The highest BCUT2D eigenvalue weighted by molar-refractivity contribution is 6.36. The van der Waals surface area contributed by atoms with Crippen molar-refractivity contribution in [2.75, 3.05) is 5.32 Å². The third kappa shape index (κ3) is 5.31. The van der Waals surface area contributed by atoms with Gasteiger partial charge < -0.3 is 5.32 Å². The van der Waals surface area contributed by atoms with Gasteiger partial charge >= 0.3 is 0 Å². The number of anilines is 1. The Labute approximate surface area is 160 Å². The van der Waals surface area contributed by atoms with E-state index in [0.29, 0.717) is 22.0 Å². The largest absolute Gasteiger partial charge is 0.325 e. The van der Waals surface area contributed by atoms with Crippen LogP contribution >= 0.6 is 23.2 Å². The van der Waals surface area contributed by atoms with Crippen molar-refractivity contribution in [3.8, 4) is 6.07 Å². The first kappa shape index (κ1) is 19.4. The van der Waals surface area contributed by atoms with Crippen LogP contribution in [0.3, 0.4) is 0 Å². The van der Waals surface area contributed by atoms with Crippen molar-refractivity contribution in [2.24, 2.45) is 5.10 Å². The van der Waals surface area contributed by atoms with Gasteiger partial charge in [0.2, 0.25) is 5.91 Å². The van der Waals surface area contributed by atoms with Crippen molar-refractivity contribution >= 4 is 46.4 Å². The van der Waals surface area contributed by atoms with E-state index in [0.717, 1.165) is 0 Å². The number of carbonyl (C=O) groups is 2. The molecular formula is C18H14Cl2N4O2. The topological polar surface area (TPSA) is 94.3 Å². The minimum atomic E-state index is -0.513. The molecule has 0 saturated heterocycles. The lowest BCUT2D eigenvalue weighted by Gasteiger charge is -2.07. The lowest BCUT2D eigenvalue weighted by Crippen LogP contribution is -2.22. The lowest BCUT2D eigenvalue weighted by molar-refractivity contribution is -0.115. The molecule has 2 aromatic carbocycles. The van der Waals surface area contributed by atoms with Crippen LogP contribution in [0.15, 0.2) is 47.6 Å². The summed E-state index contributed by atoms with van der Waals surface area (Å²) in [5.74, 6) is -0.867. The maximum atomic E-state index is 12.1. The summed E-state index contributed by atoms with van der Waals surface area (Å²) in [4.78, 5) is 24.1. The number of benzene rings is 2. The van der Waals surface area contributed by atoms with Gasteiger partial charge in [-0.1, -0.05) is 35.3 Å². The van der Waals surface area contributed by atoms with E-state index in [9.17, 15) is 9.59 Å². The van der Waals surface area contributed by atoms with Gasteiger partial charge in [0.1, 0.15) is 6.07 Å². The van der Waals surface area contributed by atoms with Crippen LogP contribution in [0, 0.1) is 11.3 Å². The molecule has 0 heterocycles. The molecule has 0 aliphatic rings. The second-order valence-corrected chi connectivity index (χ2v) is 6.14. The number of para-hydroxylation sites is 1. The third-order valence-electron chi connectivity index (χ3n) is 3.26. The molecule has 132 valence electrons.